The molecule has 0 unspecified atom stereocenters. The maximum atomic E-state index is 2.40. The third kappa shape index (κ3) is 3.51. The lowest BCUT2D eigenvalue weighted by Gasteiger charge is -2.29. The summed E-state index contributed by atoms with van der Waals surface area (Å²) < 4.78 is 0. The van der Waals surface area contributed by atoms with E-state index in [1.807, 2.05) is 0 Å². The van der Waals surface area contributed by atoms with E-state index in [-0.39, 0.29) is 0 Å². The second-order valence-electron chi connectivity index (χ2n) is 8.24. The summed E-state index contributed by atoms with van der Waals surface area (Å²) in [4.78, 5) is 0. The predicted octanol–water partition coefficient (Wildman–Crippen LogP) is 6.06. The lowest BCUT2D eigenvalue weighted by molar-refractivity contribution is 0.681. The molecule has 1 aliphatic rings. The third-order valence-electron chi connectivity index (χ3n) is 6.49. The van der Waals surface area contributed by atoms with Gasteiger partial charge >= 0.3 is 0 Å². The molecule has 148 valence electrons. The topological polar surface area (TPSA) is 0 Å². The number of aryl methyl sites for hydroxylation is 1. The van der Waals surface area contributed by atoms with Gasteiger partial charge in [0.1, 0.15) is 23.2 Å². The van der Waals surface area contributed by atoms with Crippen LogP contribution < -0.4 is 15.9 Å². The van der Waals surface area contributed by atoms with Crippen molar-refractivity contribution in [1.82, 2.24) is 0 Å². The molecule has 0 bridgehead atoms. The summed E-state index contributed by atoms with van der Waals surface area (Å²) in [6.45, 7) is 0. The molecule has 1 heteroatoms. The molecule has 0 atom stereocenters. The van der Waals surface area contributed by atoms with Crippen LogP contribution in [0.3, 0.4) is 0 Å². The Kier molecular flexibility index (Phi) is 5.52. The van der Waals surface area contributed by atoms with E-state index >= 15 is 0 Å². The average Bonchev–Trinajstić information content (AvgIpc) is 2.84. The molecule has 4 aromatic rings. The first-order valence-electron chi connectivity index (χ1n) is 11.0. The molecule has 1 aliphatic carbocycles. The summed E-state index contributed by atoms with van der Waals surface area (Å²) in [5.74, 6) is 0. The van der Waals surface area contributed by atoms with E-state index in [0.29, 0.717) is 0 Å². The van der Waals surface area contributed by atoms with Crippen LogP contribution in [0.25, 0.3) is 0 Å². The Morgan fingerprint density at radius 1 is 0.500 bits per heavy atom. The summed E-state index contributed by atoms with van der Waals surface area (Å²) in [7, 11) is -1.82. The zero-order valence-corrected chi connectivity index (χ0v) is 18.3. The number of benzene rings is 4. The molecule has 0 nitrogen and oxygen atoms in total. The molecule has 0 saturated carbocycles. The van der Waals surface area contributed by atoms with E-state index in [2.05, 4.69) is 109 Å². The molecule has 4 aromatic carbocycles. The van der Waals surface area contributed by atoms with Crippen LogP contribution in [0, 0.1) is 0 Å². The number of fused-ring (bicyclic) bond motifs is 1. The van der Waals surface area contributed by atoms with Gasteiger partial charge in [-0.15, -0.1) is 0 Å². The van der Waals surface area contributed by atoms with Gasteiger partial charge in [-0.3, -0.25) is 0 Å². The first-order chi connectivity index (χ1) is 14.9. The van der Waals surface area contributed by atoms with Crippen LogP contribution in [0.15, 0.2) is 109 Å². The molecule has 0 amide bonds. The van der Waals surface area contributed by atoms with E-state index < -0.39 is 7.26 Å². The molecule has 0 radical (unpaired) electrons. The number of hydrogen-bond donors (Lipinski definition) is 0. The van der Waals surface area contributed by atoms with Crippen molar-refractivity contribution in [3.05, 3.63) is 126 Å². The minimum absolute atomic E-state index is 1.09. The fourth-order valence-electron chi connectivity index (χ4n) is 5.03. The van der Waals surface area contributed by atoms with E-state index in [1.54, 1.807) is 16.7 Å². The highest BCUT2D eigenvalue weighted by Crippen LogP contribution is 2.58. The van der Waals surface area contributed by atoms with Crippen LogP contribution in [0.1, 0.15) is 29.5 Å². The second kappa shape index (κ2) is 8.58. The van der Waals surface area contributed by atoms with Crippen molar-refractivity contribution >= 4 is 23.2 Å². The van der Waals surface area contributed by atoms with Gasteiger partial charge in [-0.05, 0) is 78.8 Å². The lowest BCUT2D eigenvalue weighted by Crippen LogP contribution is -2.32. The molecule has 0 spiro atoms. The van der Waals surface area contributed by atoms with Gasteiger partial charge in [0.2, 0.25) is 0 Å². The van der Waals surface area contributed by atoms with Crippen LogP contribution in [-0.4, -0.2) is 0 Å². The maximum Gasteiger partial charge on any atom is 0.116 e. The molecule has 0 aromatic heterocycles. The molecule has 5 rings (SSSR count). The van der Waals surface area contributed by atoms with Crippen LogP contribution in [0.2, 0.25) is 0 Å². The molecule has 0 N–H and O–H groups in total. The highest BCUT2D eigenvalue weighted by Gasteiger charge is 2.45. The summed E-state index contributed by atoms with van der Waals surface area (Å²) in [6, 6.07) is 40.8. The summed E-state index contributed by atoms with van der Waals surface area (Å²) in [5.41, 5.74) is 4.75. The van der Waals surface area contributed by atoms with Crippen LogP contribution in [0.4, 0.5) is 0 Å². The van der Waals surface area contributed by atoms with Crippen molar-refractivity contribution in [2.75, 3.05) is 0 Å². The molecule has 0 saturated heterocycles. The molecule has 30 heavy (non-hydrogen) atoms. The van der Waals surface area contributed by atoms with E-state index in [9.17, 15) is 0 Å². The van der Waals surface area contributed by atoms with Crippen molar-refractivity contribution in [1.29, 1.82) is 0 Å². The maximum absolute atomic E-state index is 2.40. The first kappa shape index (κ1) is 19.3. The lowest BCUT2D eigenvalue weighted by atomic mass is 9.89. The summed E-state index contributed by atoms with van der Waals surface area (Å²) in [5, 5.41) is 4.41. The van der Waals surface area contributed by atoms with Gasteiger partial charge in [-0.25, -0.2) is 0 Å². The molecular weight excluding hydrogens is 379 g/mol. The number of hydrogen-bond acceptors (Lipinski definition) is 0. The molecule has 0 fully saturated rings. The number of rotatable bonds is 5. The zero-order chi connectivity index (χ0) is 20.2. The Morgan fingerprint density at radius 2 is 1.00 bits per heavy atom. The van der Waals surface area contributed by atoms with Gasteiger partial charge in [0, 0.05) is 0 Å². The largest absolute Gasteiger partial charge is 0.116 e. The highest BCUT2D eigenvalue weighted by molar-refractivity contribution is 7.95. The van der Waals surface area contributed by atoms with Crippen molar-refractivity contribution in [2.24, 2.45) is 0 Å². The Hall–Kier alpha value is -2.69. The van der Waals surface area contributed by atoms with Crippen molar-refractivity contribution < 1.29 is 0 Å². The van der Waals surface area contributed by atoms with E-state index in [4.69, 9.17) is 0 Å². The van der Waals surface area contributed by atoms with E-state index in [0.717, 1.165) is 6.16 Å². The Labute approximate surface area is 181 Å². The summed E-state index contributed by atoms with van der Waals surface area (Å²) in [6.07, 6.45) is 6.19. The SMILES string of the molecule is c1ccc([P+](Cc2cccc3c2CCCC3)(c2ccccc2)c2ccccc2)cc1. The first-order valence-corrected chi connectivity index (χ1v) is 13.0. The van der Waals surface area contributed by atoms with E-state index in [1.165, 1.54) is 41.6 Å². The standard InChI is InChI=1S/C29H28P/c1-4-16-26(17-5-1)30(27-18-6-2-7-19-27,28-20-8-3-9-21-28)23-25-15-12-14-24-13-10-11-22-29(24)25/h1-9,12,14-21H,10-11,13,22-23H2/q+1. The zero-order valence-electron chi connectivity index (χ0n) is 17.4. The van der Waals surface area contributed by atoms with Crippen molar-refractivity contribution in [3.63, 3.8) is 0 Å². The Morgan fingerprint density at radius 3 is 1.53 bits per heavy atom. The molecule has 0 heterocycles. The van der Waals surface area contributed by atoms with Crippen LogP contribution in [0.5, 0.6) is 0 Å². The monoisotopic (exact) mass is 407 g/mol. The van der Waals surface area contributed by atoms with Crippen molar-refractivity contribution in [3.8, 4) is 0 Å². The Balaban J connectivity index is 1.77. The van der Waals surface area contributed by atoms with Crippen LogP contribution >= 0.6 is 7.26 Å². The van der Waals surface area contributed by atoms with Crippen LogP contribution in [-0.2, 0) is 19.0 Å². The van der Waals surface area contributed by atoms with Gasteiger partial charge < -0.3 is 0 Å². The third-order valence-corrected chi connectivity index (χ3v) is 10.8. The normalized spacial score (nSPS) is 13.6. The minimum Gasteiger partial charge on any atom is -0.0620 e. The minimum atomic E-state index is -1.82. The van der Waals surface area contributed by atoms with Gasteiger partial charge in [-0.2, -0.15) is 0 Å². The Bertz CT molecular complexity index is 1000. The average molecular weight is 408 g/mol. The highest BCUT2D eigenvalue weighted by atomic mass is 31.2. The smallest absolute Gasteiger partial charge is 0.0620 e. The fraction of sp³-hybridized carbons (Fsp3) is 0.172. The second-order valence-corrected chi connectivity index (χ2v) is 11.7. The predicted molar refractivity (Wildman–Crippen MR) is 132 cm³/mol. The van der Waals surface area contributed by atoms with Gasteiger partial charge in [0.05, 0.1) is 6.16 Å². The molecule has 0 aliphatic heterocycles. The van der Waals surface area contributed by atoms with Gasteiger partial charge in [0.25, 0.3) is 0 Å². The van der Waals surface area contributed by atoms with Crippen molar-refractivity contribution in [2.45, 2.75) is 31.8 Å². The quantitative estimate of drug-likeness (QED) is 0.353. The summed E-state index contributed by atoms with van der Waals surface area (Å²) >= 11 is 0. The fourth-order valence-corrected chi connectivity index (χ4v) is 9.33. The van der Waals surface area contributed by atoms with Gasteiger partial charge in [0.15, 0.2) is 0 Å². The molecular formula is C29H28P+. The van der Waals surface area contributed by atoms with Gasteiger partial charge in [-0.1, -0.05) is 72.8 Å².